The van der Waals surface area contributed by atoms with Crippen LogP contribution in [0.1, 0.15) is 17.1 Å². The van der Waals surface area contributed by atoms with E-state index in [1.807, 2.05) is 25.1 Å². The standard InChI is InChI=1S/C17H18N2O4/c1-12-4-6-14(23-12)10-19(2)17(20)11-22-15-7-5-13(9-18)8-16(15)21-3/h4-8H,10-11H2,1-3H3. The van der Waals surface area contributed by atoms with Crippen LogP contribution in [0.4, 0.5) is 0 Å². The molecule has 0 aliphatic heterocycles. The van der Waals surface area contributed by atoms with Gasteiger partial charge in [0, 0.05) is 13.1 Å². The third kappa shape index (κ3) is 4.27. The van der Waals surface area contributed by atoms with Gasteiger partial charge in [0.05, 0.1) is 25.3 Å². The number of nitriles is 1. The fourth-order valence-electron chi connectivity index (χ4n) is 2.00. The number of rotatable bonds is 6. The number of hydrogen-bond acceptors (Lipinski definition) is 5. The van der Waals surface area contributed by atoms with Crippen molar-refractivity contribution in [3.63, 3.8) is 0 Å². The Bertz CT molecular complexity index is 730. The molecule has 2 aromatic rings. The van der Waals surface area contributed by atoms with Gasteiger partial charge in [0.25, 0.3) is 5.91 Å². The zero-order chi connectivity index (χ0) is 16.8. The number of furan rings is 1. The number of likely N-dealkylation sites (N-methyl/N-ethyl adjacent to an activating group) is 1. The molecule has 0 saturated heterocycles. The monoisotopic (exact) mass is 314 g/mol. The van der Waals surface area contributed by atoms with Gasteiger partial charge < -0.3 is 18.8 Å². The first-order chi connectivity index (χ1) is 11.0. The number of hydrogen-bond donors (Lipinski definition) is 0. The lowest BCUT2D eigenvalue weighted by atomic mass is 10.2. The summed E-state index contributed by atoms with van der Waals surface area (Å²) in [7, 11) is 3.16. The second-order valence-electron chi connectivity index (χ2n) is 5.03. The molecule has 1 heterocycles. The summed E-state index contributed by atoms with van der Waals surface area (Å²) in [5.74, 6) is 2.17. The summed E-state index contributed by atoms with van der Waals surface area (Å²) >= 11 is 0. The van der Waals surface area contributed by atoms with Crippen LogP contribution in [0, 0.1) is 18.3 Å². The molecule has 1 aromatic heterocycles. The number of carbonyl (C=O) groups is 1. The average Bonchev–Trinajstić information content (AvgIpc) is 2.97. The smallest absolute Gasteiger partial charge is 0.260 e. The fraction of sp³-hybridized carbons (Fsp3) is 0.294. The zero-order valence-corrected chi connectivity index (χ0v) is 13.3. The van der Waals surface area contributed by atoms with Crippen molar-refractivity contribution in [2.75, 3.05) is 20.8 Å². The summed E-state index contributed by atoms with van der Waals surface area (Å²) in [6.45, 7) is 2.10. The summed E-state index contributed by atoms with van der Waals surface area (Å²) in [5, 5.41) is 8.87. The van der Waals surface area contributed by atoms with Gasteiger partial charge in [-0.1, -0.05) is 0 Å². The molecule has 2 rings (SSSR count). The first-order valence-corrected chi connectivity index (χ1v) is 7.03. The summed E-state index contributed by atoms with van der Waals surface area (Å²) < 4.78 is 16.1. The lowest BCUT2D eigenvalue weighted by Gasteiger charge is -2.17. The highest BCUT2D eigenvalue weighted by molar-refractivity contribution is 5.77. The van der Waals surface area contributed by atoms with E-state index in [9.17, 15) is 4.79 Å². The van der Waals surface area contributed by atoms with Crippen LogP contribution in [0.3, 0.4) is 0 Å². The van der Waals surface area contributed by atoms with E-state index in [0.717, 1.165) is 5.76 Å². The molecule has 6 nitrogen and oxygen atoms in total. The minimum absolute atomic E-state index is 0.127. The van der Waals surface area contributed by atoms with Gasteiger partial charge in [0.1, 0.15) is 11.5 Å². The van der Waals surface area contributed by atoms with Crippen molar-refractivity contribution in [2.24, 2.45) is 0 Å². The number of aryl methyl sites for hydroxylation is 1. The van der Waals surface area contributed by atoms with E-state index in [1.54, 1.807) is 25.2 Å². The summed E-state index contributed by atoms with van der Waals surface area (Å²) in [6, 6.07) is 10.5. The fourth-order valence-corrected chi connectivity index (χ4v) is 2.00. The molecule has 23 heavy (non-hydrogen) atoms. The highest BCUT2D eigenvalue weighted by atomic mass is 16.5. The normalized spacial score (nSPS) is 10.0. The van der Waals surface area contributed by atoms with Gasteiger partial charge in [-0.15, -0.1) is 0 Å². The Kier molecular flexibility index (Phi) is 5.26. The van der Waals surface area contributed by atoms with E-state index >= 15 is 0 Å². The maximum Gasteiger partial charge on any atom is 0.260 e. The van der Waals surface area contributed by atoms with E-state index in [0.29, 0.717) is 29.4 Å². The first-order valence-electron chi connectivity index (χ1n) is 7.03. The Labute approximate surface area is 134 Å². The molecule has 0 bridgehead atoms. The minimum atomic E-state index is -0.189. The molecule has 1 aromatic carbocycles. The number of ether oxygens (including phenoxy) is 2. The zero-order valence-electron chi connectivity index (χ0n) is 13.3. The lowest BCUT2D eigenvalue weighted by Crippen LogP contribution is -2.30. The number of methoxy groups -OCH3 is 1. The van der Waals surface area contributed by atoms with Gasteiger partial charge in [0.15, 0.2) is 18.1 Å². The molecule has 0 fully saturated rings. The molecule has 0 aliphatic rings. The van der Waals surface area contributed by atoms with Crippen LogP contribution in [0.2, 0.25) is 0 Å². The van der Waals surface area contributed by atoms with Crippen LogP contribution < -0.4 is 9.47 Å². The molecule has 120 valence electrons. The SMILES string of the molecule is COc1cc(C#N)ccc1OCC(=O)N(C)Cc1ccc(C)o1. The Morgan fingerprint density at radius 1 is 1.30 bits per heavy atom. The van der Waals surface area contributed by atoms with Crippen molar-refractivity contribution in [1.82, 2.24) is 4.90 Å². The van der Waals surface area contributed by atoms with Crippen molar-refractivity contribution in [2.45, 2.75) is 13.5 Å². The Morgan fingerprint density at radius 3 is 2.70 bits per heavy atom. The predicted octanol–water partition coefficient (Wildman–Crippen LogP) is 2.51. The molecule has 0 radical (unpaired) electrons. The maximum absolute atomic E-state index is 12.1. The molecule has 0 spiro atoms. The molecule has 0 atom stereocenters. The van der Waals surface area contributed by atoms with Gasteiger partial charge >= 0.3 is 0 Å². The Hall–Kier alpha value is -2.94. The molecule has 6 heteroatoms. The van der Waals surface area contributed by atoms with E-state index < -0.39 is 0 Å². The predicted molar refractivity (Wildman–Crippen MR) is 83.1 cm³/mol. The summed E-state index contributed by atoms with van der Waals surface area (Å²) in [5.41, 5.74) is 0.464. The number of nitrogens with zero attached hydrogens (tertiary/aromatic N) is 2. The van der Waals surface area contributed by atoms with Gasteiger partial charge in [0.2, 0.25) is 0 Å². The Morgan fingerprint density at radius 2 is 2.09 bits per heavy atom. The number of benzene rings is 1. The molecule has 0 N–H and O–H groups in total. The lowest BCUT2D eigenvalue weighted by molar-refractivity contribution is -0.132. The minimum Gasteiger partial charge on any atom is -0.493 e. The highest BCUT2D eigenvalue weighted by Gasteiger charge is 2.14. The first kappa shape index (κ1) is 16.4. The molecule has 0 aliphatic carbocycles. The van der Waals surface area contributed by atoms with Crippen LogP contribution in [0.25, 0.3) is 0 Å². The molecule has 0 unspecified atom stereocenters. The topological polar surface area (TPSA) is 75.7 Å². The number of carbonyl (C=O) groups excluding carboxylic acids is 1. The quantitative estimate of drug-likeness (QED) is 0.819. The van der Waals surface area contributed by atoms with Gasteiger partial charge in [-0.2, -0.15) is 5.26 Å². The molecular formula is C17H18N2O4. The summed E-state index contributed by atoms with van der Waals surface area (Å²) in [4.78, 5) is 13.6. The van der Waals surface area contributed by atoms with Crippen molar-refractivity contribution in [3.8, 4) is 17.6 Å². The molecule has 0 saturated carbocycles. The van der Waals surface area contributed by atoms with E-state index in [2.05, 4.69) is 0 Å². The van der Waals surface area contributed by atoms with Crippen molar-refractivity contribution in [3.05, 3.63) is 47.4 Å². The summed E-state index contributed by atoms with van der Waals surface area (Å²) in [6.07, 6.45) is 0. The third-order valence-electron chi connectivity index (χ3n) is 3.26. The number of amides is 1. The van der Waals surface area contributed by atoms with Gasteiger partial charge in [-0.25, -0.2) is 0 Å². The van der Waals surface area contributed by atoms with Crippen LogP contribution in [-0.2, 0) is 11.3 Å². The van der Waals surface area contributed by atoms with Crippen LogP contribution in [-0.4, -0.2) is 31.6 Å². The molecular weight excluding hydrogens is 296 g/mol. The van der Waals surface area contributed by atoms with Crippen LogP contribution in [0.15, 0.2) is 34.7 Å². The second-order valence-corrected chi connectivity index (χ2v) is 5.03. The van der Waals surface area contributed by atoms with E-state index in [1.165, 1.54) is 12.0 Å². The highest BCUT2D eigenvalue weighted by Crippen LogP contribution is 2.27. The molecule has 1 amide bonds. The van der Waals surface area contributed by atoms with Crippen molar-refractivity contribution >= 4 is 5.91 Å². The van der Waals surface area contributed by atoms with Gasteiger partial charge in [-0.05, 0) is 31.2 Å². The van der Waals surface area contributed by atoms with E-state index in [-0.39, 0.29) is 12.5 Å². The van der Waals surface area contributed by atoms with Crippen LogP contribution >= 0.6 is 0 Å². The van der Waals surface area contributed by atoms with Crippen molar-refractivity contribution < 1.29 is 18.7 Å². The van der Waals surface area contributed by atoms with Crippen LogP contribution in [0.5, 0.6) is 11.5 Å². The second kappa shape index (κ2) is 7.36. The largest absolute Gasteiger partial charge is 0.493 e. The van der Waals surface area contributed by atoms with Gasteiger partial charge in [-0.3, -0.25) is 4.79 Å². The maximum atomic E-state index is 12.1. The van der Waals surface area contributed by atoms with Crippen molar-refractivity contribution in [1.29, 1.82) is 5.26 Å². The third-order valence-corrected chi connectivity index (χ3v) is 3.26. The average molecular weight is 314 g/mol. The Balaban J connectivity index is 1.94. The van der Waals surface area contributed by atoms with E-state index in [4.69, 9.17) is 19.2 Å².